The lowest BCUT2D eigenvalue weighted by Gasteiger charge is -2.16. The Morgan fingerprint density at radius 3 is 2.58 bits per heavy atom. The van der Waals surface area contributed by atoms with Crippen LogP contribution in [0, 0.1) is 5.92 Å². The van der Waals surface area contributed by atoms with Crippen molar-refractivity contribution in [1.82, 2.24) is 4.72 Å². The Balaban J connectivity index is 2.77. The zero-order valence-corrected chi connectivity index (χ0v) is 13.8. The van der Waals surface area contributed by atoms with E-state index in [-0.39, 0.29) is 15.2 Å². The van der Waals surface area contributed by atoms with Gasteiger partial charge in [-0.25, -0.2) is 13.1 Å². The molecule has 1 heterocycles. The van der Waals surface area contributed by atoms with Crippen LogP contribution >= 0.6 is 23.6 Å². The van der Waals surface area contributed by atoms with Crippen LogP contribution in [0.25, 0.3) is 0 Å². The molecule has 0 aliphatic carbocycles. The summed E-state index contributed by atoms with van der Waals surface area (Å²) < 4.78 is 27.3. The number of hydrogen-bond donors (Lipinski definition) is 2. The third-order valence-electron chi connectivity index (χ3n) is 2.90. The molecule has 1 rings (SSSR count). The van der Waals surface area contributed by atoms with Gasteiger partial charge >= 0.3 is 0 Å². The molecule has 0 radical (unpaired) electrons. The van der Waals surface area contributed by atoms with Gasteiger partial charge in [0, 0.05) is 6.04 Å². The fourth-order valence-corrected chi connectivity index (χ4v) is 4.36. The Labute approximate surface area is 124 Å². The average molecular weight is 321 g/mol. The predicted octanol–water partition coefficient (Wildman–Crippen LogP) is 2.49. The highest BCUT2D eigenvalue weighted by Crippen LogP contribution is 2.22. The summed E-state index contributed by atoms with van der Waals surface area (Å²) >= 11 is 5.93. The predicted molar refractivity (Wildman–Crippen MR) is 84.1 cm³/mol. The molecule has 0 saturated heterocycles. The van der Waals surface area contributed by atoms with Crippen LogP contribution in [0.15, 0.2) is 16.3 Å². The minimum Gasteiger partial charge on any atom is -0.389 e. The molecular formula is C12H20N2O2S3. The standard InChI is InChI=1S/C12H20N2O2S3/c1-4-8(2)7-9(3)14-19(15,16)11-6-5-10(18-11)12(13)17/h5-6,8-9,14H,4,7H2,1-3H3,(H2,13,17). The van der Waals surface area contributed by atoms with E-state index in [0.717, 1.165) is 24.2 Å². The number of thiocarbonyl (C=S) groups is 1. The topological polar surface area (TPSA) is 72.2 Å². The van der Waals surface area contributed by atoms with Crippen LogP contribution in [0.2, 0.25) is 0 Å². The van der Waals surface area contributed by atoms with E-state index in [1.165, 1.54) is 6.07 Å². The zero-order valence-electron chi connectivity index (χ0n) is 11.3. The minimum absolute atomic E-state index is 0.0877. The Morgan fingerprint density at radius 1 is 1.47 bits per heavy atom. The van der Waals surface area contributed by atoms with E-state index < -0.39 is 10.0 Å². The summed E-state index contributed by atoms with van der Waals surface area (Å²) in [6.45, 7) is 6.09. The Bertz CT molecular complexity index is 537. The fourth-order valence-electron chi connectivity index (χ4n) is 1.74. The van der Waals surface area contributed by atoms with Crippen molar-refractivity contribution in [1.29, 1.82) is 0 Å². The third-order valence-corrected chi connectivity index (χ3v) is 6.45. The smallest absolute Gasteiger partial charge is 0.250 e. The Morgan fingerprint density at radius 2 is 2.11 bits per heavy atom. The minimum atomic E-state index is -3.47. The van der Waals surface area contributed by atoms with Crippen molar-refractivity contribution >= 4 is 38.6 Å². The number of nitrogens with one attached hydrogen (secondary N) is 1. The molecule has 0 amide bonds. The van der Waals surface area contributed by atoms with Crippen molar-refractivity contribution in [3.8, 4) is 0 Å². The molecule has 3 N–H and O–H groups in total. The molecule has 0 aromatic carbocycles. The lowest BCUT2D eigenvalue weighted by molar-refractivity contribution is 0.446. The number of sulfonamides is 1. The SMILES string of the molecule is CCC(C)CC(C)NS(=O)(=O)c1ccc(C(N)=S)s1. The highest BCUT2D eigenvalue weighted by Gasteiger charge is 2.20. The van der Waals surface area contributed by atoms with Crippen LogP contribution in [0.4, 0.5) is 0 Å². The molecule has 108 valence electrons. The van der Waals surface area contributed by atoms with Gasteiger partial charge in [-0.2, -0.15) is 0 Å². The highest BCUT2D eigenvalue weighted by atomic mass is 32.2. The molecule has 7 heteroatoms. The van der Waals surface area contributed by atoms with E-state index in [0.29, 0.717) is 10.8 Å². The van der Waals surface area contributed by atoms with Crippen LogP contribution in [-0.2, 0) is 10.0 Å². The molecule has 0 fully saturated rings. The van der Waals surface area contributed by atoms with Gasteiger partial charge in [-0.1, -0.05) is 32.5 Å². The summed E-state index contributed by atoms with van der Waals surface area (Å²) in [7, 11) is -3.47. The van der Waals surface area contributed by atoms with Crippen LogP contribution in [-0.4, -0.2) is 19.4 Å². The average Bonchev–Trinajstić information content (AvgIpc) is 2.77. The maximum atomic E-state index is 12.2. The van der Waals surface area contributed by atoms with Gasteiger partial charge in [-0.05, 0) is 31.4 Å². The maximum absolute atomic E-state index is 12.2. The van der Waals surface area contributed by atoms with Gasteiger partial charge in [-0.15, -0.1) is 11.3 Å². The van der Waals surface area contributed by atoms with Crippen molar-refractivity contribution < 1.29 is 8.42 Å². The lowest BCUT2D eigenvalue weighted by Crippen LogP contribution is -2.33. The van der Waals surface area contributed by atoms with E-state index in [1.54, 1.807) is 6.07 Å². The summed E-state index contributed by atoms with van der Waals surface area (Å²) in [5.41, 5.74) is 5.48. The van der Waals surface area contributed by atoms with E-state index in [1.807, 2.05) is 6.92 Å². The maximum Gasteiger partial charge on any atom is 0.250 e. The first kappa shape index (κ1) is 16.6. The van der Waals surface area contributed by atoms with Crippen LogP contribution < -0.4 is 10.5 Å². The van der Waals surface area contributed by atoms with E-state index in [2.05, 4.69) is 18.6 Å². The Kier molecular flexibility index (Phi) is 5.91. The van der Waals surface area contributed by atoms with Crippen molar-refractivity contribution in [3.05, 3.63) is 17.0 Å². The van der Waals surface area contributed by atoms with Crippen molar-refractivity contribution in [2.75, 3.05) is 0 Å². The molecule has 4 nitrogen and oxygen atoms in total. The molecule has 0 saturated carbocycles. The number of thiophene rings is 1. The largest absolute Gasteiger partial charge is 0.389 e. The van der Waals surface area contributed by atoms with Crippen LogP contribution in [0.3, 0.4) is 0 Å². The van der Waals surface area contributed by atoms with Gasteiger partial charge in [0.1, 0.15) is 9.20 Å². The number of nitrogens with two attached hydrogens (primary N) is 1. The second-order valence-electron chi connectivity index (χ2n) is 4.75. The van der Waals surface area contributed by atoms with Crippen LogP contribution in [0.1, 0.15) is 38.5 Å². The van der Waals surface area contributed by atoms with Gasteiger partial charge in [0.2, 0.25) is 10.0 Å². The molecule has 0 aliphatic rings. The van der Waals surface area contributed by atoms with E-state index in [4.69, 9.17) is 18.0 Å². The number of rotatable bonds is 7. The van der Waals surface area contributed by atoms with Crippen molar-refractivity contribution in [3.63, 3.8) is 0 Å². The number of hydrogen-bond acceptors (Lipinski definition) is 4. The first-order chi connectivity index (χ1) is 8.76. The molecular weight excluding hydrogens is 300 g/mol. The van der Waals surface area contributed by atoms with E-state index >= 15 is 0 Å². The second-order valence-corrected chi connectivity index (χ2v) is 8.22. The van der Waals surface area contributed by atoms with Crippen molar-refractivity contribution in [2.24, 2.45) is 11.7 Å². The first-order valence-electron chi connectivity index (χ1n) is 6.18. The summed E-state index contributed by atoms with van der Waals surface area (Å²) in [5.74, 6) is 0.494. The second kappa shape index (κ2) is 6.78. The molecule has 2 atom stereocenters. The van der Waals surface area contributed by atoms with Gasteiger partial charge in [-0.3, -0.25) is 0 Å². The third kappa shape index (κ3) is 4.83. The van der Waals surface area contributed by atoms with Gasteiger partial charge in [0.15, 0.2) is 0 Å². The molecule has 1 aromatic heterocycles. The molecule has 19 heavy (non-hydrogen) atoms. The normalized spacial score (nSPS) is 15.1. The van der Waals surface area contributed by atoms with Gasteiger partial charge in [0.25, 0.3) is 0 Å². The summed E-state index contributed by atoms with van der Waals surface area (Å²) in [6, 6.07) is 3.09. The molecule has 0 aliphatic heterocycles. The van der Waals surface area contributed by atoms with Gasteiger partial charge in [0.05, 0.1) is 4.88 Å². The summed E-state index contributed by atoms with van der Waals surface area (Å²) in [5, 5.41) is 0. The highest BCUT2D eigenvalue weighted by molar-refractivity contribution is 7.91. The summed E-state index contributed by atoms with van der Waals surface area (Å²) in [4.78, 5) is 0.837. The summed E-state index contributed by atoms with van der Waals surface area (Å²) in [6.07, 6.45) is 1.86. The van der Waals surface area contributed by atoms with E-state index in [9.17, 15) is 8.42 Å². The van der Waals surface area contributed by atoms with Crippen molar-refractivity contribution in [2.45, 2.75) is 43.9 Å². The lowest BCUT2D eigenvalue weighted by atomic mass is 10.0. The Hall–Kier alpha value is -0.500. The van der Waals surface area contributed by atoms with Crippen LogP contribution in [0.5, 0.6) is 0 Å². The quantitative estimate of drug-likeness (QED) is 0.757. The monoisotopic (exact) mass is 320 g/mol. The molecule has 0 bridgehead atoms. The zero-order chi connectivity index (χ0) is 14.6. The molecule has 1 aromatic rings. The fraction of sp³-hybridized carbons (Fsp3) is 0.583. The molecule has 2 unspecified atom stereocenters. The molecule has 0 spiro atoms. The van der Waals surface area contributed by atoms with Gasteiger partial charge < -0.3 is 5.73 Å². The first-order valence-corrected chi connectivity index (χ1v) is 8.89.